The molecular weight excluding hydrogens is 427 g/mol. The van der Waals surface area contributed by atoms with Gasteiger partial charge in [0.1, 0.15) is 5.83 Å². The van der Waals surface area contributed by atoms with Crippen LogP contribution in [-0.2, 0) is 9.53 Å². The normalized spacial score (nSPS) is 13.0. The quantitative estimate of drug-likeness (QED) is 0.341. The number of amides is 2. The molecule has 0 bridgehead atoms. The van der Waals surface area contributed by atoms with Crippen LogP contribution in [0.15, 0.2) is 78.4 Å². The average molecular weight is 444 g/mol. The van der Waals surface area contributed by atoms with E-state index in [9.17, 15) is 23.6 Å². The molecule has 8 heteroatoms. The highest BCUT2D eigenvalue weighted by molar-refractivity contribution is 6.16. The van der Waals surface area contributed by atoms with Gasteiger partial charge in [-0.3, -0.25) is 9.59 Å². The van der Waals surface area contributed by atoms with Crippen molar-refractivity contribution in [2.45, 2.75) is 6.92 Å². The lowest BCUT2D eigenvalue weighted by Crippen LogP contribution is -2.13. The van der Waals surface area contributed by atoms with Gasteiger partial charge in [-0.15, -0.1) is 0 Å². The molecule has 0 saturated carbocycles. The number of halogens is 1. The number of para-hydroxylation sites is 1. The van der Waals surface area contributed by atoms with Gasteiger partial charge in [-0.1, -0.05) is 18.2 Å². The van der Waals surface area contributed by atoms with Crippen LogP contribution in [0.25, 0.3) is 5.83 Å². The summed E-state index contributed by atoms with van der Waals surface area (Å²) >= 11 is 0. The Morgan fingerprint density at radius 3 is 2.06 bits per heavy atom. The largest absolute Gasteiger partial charge is 0.386 e. The summed E-state index contributed by atoms with van der Waals surface area (Å²) in [5, 5.41) is 5.26. The molecule has 3 aromatic carbocycles. The monoisotopic (exact) mass is 444 g/mol. The third-order valence-electron chi connectivity index (χ3n) is 5.00. The molecule has 0 aromatic heterocycles. The summed E-state index contributed by atoms with van der Waals surface area (Å²) in [6.45, 7) is 1.38. The molecule has 1 heterocycles. The maximum Gasteiger partial charge on any atom is 0.346 e. The number of ether oxygens (including phenoxy) is 1. The first-order valence-electron chi connectivity index (χ1n) is 9.88. The zero-order valence-corrected chi connectivity index (χ0v) is 17.3. The van der Waals surface area contributed by atoms with Gasteiger partial charge >= 0.3 is 11.9 Å². The predicted octanol–water partition coefficient (Wildman–Crippen LogP) is 4.59. The fraction of sp³-hybridized carbons (Fsp3) is 0.0400. The Bertz CT molecular complexity index is 1310. The number of benzene rings is 3. The second-order valence-electron chi connectivity index (χ2n) is 7.23. The first-order chi connectivity index (χ1) is 15.8. The SMILES string of the molecule is C/C(C(=O)Nc1ccccc1)=C(/F)c1ccc(NC(=O)c2ccc3c(c2)C(=O)OC3=O)cc1. The topological polar surface area (TPSA) is 102 Å². The van der Waals surface area contributed by atoms with Crippen molar-refractivity contribution in [1.29, 1.82) is 0 Å². The van der Waals surface area contributed by atoms with Crippen molar-refractivity contribution in [2.75, 3.05) is 10.6 Å². The van der Waals surface area contributed by atoms with E-state index in [1.807, 2.05) is 0 Å². The third-order valence-corrected chi connectivity index (χ3v) is 5.00. The molecule has 164 valence electrons. The molecule has 0 saturated heterocycles. The van der Waals surface area contributed by atoms with Gasteiger partial charge in [0.25, 0.3) is 11.8 Å². The molecule has 0 spiro atoms. The Kier molecular flexibility index (Phi) is 5.82. The Labute approximate surface area is 187 Å². The van der Waals surface area contributed by atoms with E-state index in [0.717, 1.165) is 0 Å². The summed E-state index contributed by atoms with van der Waals surface area (Å²) in [4.78, 5) is 48.0. The van der Waals surface area contributed by atoms with E-state index < -0.39 is 29.6 Å². The standard InChI is InChI=1S/C25H17FN2O5/c1-14(22(29)27-17-5-3-2-4-6-17)21(26)15-7-10-18(11-8-15)28-23(30)16-9-12-19-20(13-16)25(32)33-24(19)31/h2-13H,1H3,(H,27,29)(H,28,30)/b21-14-. The van der Waals surface area contributed by atoms with Crippen molar-refractivity contribution >= 4 is 41.0 Å². The minimum Gasteiger partial charge on any atom is -0.386 e. The highest BCUT2D eigenvalue weighted by Crippen LogP contribution is 2.24. The number of carbonyl (C=O) groups excluding carboxylic acids is 4. The number of carbonyl (C=O) groups is 4. The molecule has 0 fully saturated rings. The van der Waals surface area contributed by atoms with Crippen molar-refractivity contribution in [2.24, 2.45) is 0 Å². The lowest BCUT2D eigenvalue weighted by molar-refractivity contribution is -0.112. The van der Waals surface area contributed by atoms with Crippen LogP contribution in [0.4, 0.5) is 15.8 Å². The summed E-state index contributed by atoms with van der Waals surface area (Å²) in [5.74, 6) is -3.33. The van der Waals surface area contributed by atoms with Crippen molar-refractivity contribution in [1.82, 2.24) is 0 Å². The minimum absolute atomic E-state index is 0.0273. The third kappa shape index (κ3) is 4.54. The van der Waals surface area contributed by atoms with Crippen LogP contribution in [0.3, 0.4) is 0 Å². The molecule has 1 aliphatic heterocycles. The molecule has 0 aliphatic carbocycles. The molecule has 1 aliphatic rings. The van der Waals surface area contributed by atoms with Gasteiger partial charge in [-0.25, -0.2) is 14.0 Å². The van der Waals surface area contributed by atoms with Crippen LogP contribution in [0.1, 0.15) is 43.6 Å². The molecule has 3 aromatic rings. The summed E-state index contributed by atoms with van der Waals surface area (Å²) in [7, 11) is 0. The smallest absolute Gasteiger partial charge is 0.346 e. The number of nitrogens with one attached hydrogen (secondary N) is 2. The molecule has 7 nitrogen and oxygen atoms in total. The number of anilines is 2. The van der Waals surface area contributed by atoms with E-state index >= 15 is 0 Å². The maximum absolute atomic E-state index is 14.8. The second-order valence-corrected chi connectivity index (χ2v) is 7.23. The Morgan fingerprint density at radius 2 is 1.36 bits per heavy atom. The fourth-order valence-electron chi connectivity index (χ4n) is 3.19. The summed E-state index contributed by atoms with van der Waals surface area (Å²) < 4.78 is 19.3. The molecular formula is C25H17FN2O5. The van der Waals surface area contributed by atoms with E-state index in [2.05, 4.69) is 15.4 Å². The molecule has 33 heavy (non-hydrogen) atoms. The lowest BCUT2D eigenvalue weighted by atomic mass is 10.0. The molecule has 4 rings (SSSR count). The molecule has 0 unspecified atom stereocenters. The van der Waals surface area contributed by atoms with E-state index in [4.69, 9.17) is 0 Å². The Hall–Kier alpha value is -4.59. The van der Waals surface area contributed by atoms with Gasteiger partial charge in [-0.2, -0.15) is 0 Å². The second kappa shape index (κ2) is 8.88. The summed E-state index contributed by atoms with van der Waals surface area (Å²) in [6.07, 6.45) is 0. The van der Waals surface area contributed by atoms with Gasteiger partial charge in [0.2, 0.25) is 0 Å². The van der Waals surface area contributed by atoms with Gasteiger partial charge in [0.05, 0.1) is 16.7 Å². The van der Waals surface area contributed by atoms with Crippen LogP contribution in [0.2, 0.25) is 0 Å². The first kappa shape index (κ1) is 21.6. The average Bonchev–Trinajstić information content (AvgIpc) is 3.12. The first-order valence-corrected chi connectivity index (χ1v) is 9.88. The van der Waals surface area contributed by atoms with Crippen LogP contribution in [-0.4, -0.2) is 23.8 Å². The van der Waals surface area contributed by atoms with Gasteiger partial charge in [0, 0.05) is 22.5 Å². The van der Waals surface area contributed by atoms with Crippen molar-refractivity contribution < 1.29 is 28.3 Å². The molecule has 2 N–H and O–H groups in total. The summed E-state index contributed by atoms with van der Waals surface area (Å²) in [6, 6.07) is 18.6. The van der Waals surface area contributed by atoms with Gasteiger partial charge < -0.3 is 15.4 Å². The lowest BCUT2D eigenvalue weighted by Gasteiger charge is -2.09. The molecule has 2 amide bonds. The van der Waals surface area contributed by atoms with E-state index in [0.29, 0.717) is 11.4 Å². The number of cyclic esters (lactones) is 2. The van der Waals surface area contributed by atoms with Crippen molar-refractivity contribution in [3.8, 4) is 0 Å². The van der Waals surface area contributed by atoms with E-state index in [1.165, 1.54) is 49.4 Å². The number of fused-ring (bicyclic) bond motifs is 1. The van der Waals surface area contributed by atoms with Crippen molar-refractivity contribution in [3.05, 3.63) is 101 Å². The van der Waals surface area contributed by atoms with Crippen LogP contribution >= 0.6 is 0 Å². The Balaban J connectivity index is 1.46. The highest BCUT2D eigenvalue weighted by Gasteiger charge is 2.30. The van der Waals surface area contributed by atoms with E-state index in [-0.39, 0.29) is 27.8 Å². The van der Waals surface area contributed by atoms with Gasteiger partial charge in [-0.05, 0) is 61.5 Å². The minimum atomic E-state index is -0.803. The van der Waals surface area contributed by atoms with Crippen LogP contribution in [0, 0.1) is 0 Å². The highest BCUT2D eigenvalue weighted by atomic mass is 19.1. The van der Waals surface area contributed by atoms with Gasteiger partial charge in [0.15, 0.2) is 0 Å². The number of esters is 2. The van der Waals surface area contributed by atoms with E-state index in [1.54, 1.807) is 30.3 Å². The van der Waals surface area contributed by atoms with Crippen LogP contribution in [0.5, 0.6) is 0 Å². The molecule has 0 radical (unpaired) electrons. The van der Waals surface area contributed by atoms with Crippen molar-refractivity contribution in [3.63, 3.8) is 0 Å². The molecule has 0 atom stereocenters. The fourth-order valence-corrected chi connectivity index (χ4v) is 3.19. The predicted molar refractivity (Wildman–Crippen MR) is 119 cm³/mol. The van der Waals surface area contributed by atoms with Crippen LogP contribution < -0.4 is 10.6 Å². The number of hydrogen-bond acceptors (Lipinski definition) is 5. The number of hydrogen-bond donors (Lipinski definition) is 2. The Morgan fingerprint density at radius 1 is 0.758 bits per heavy atom. The maximum atomic E-state index is 14.8. The zero-order valence-electron chi connectivity index (χ0n) is 17.3. The zero-order chi connectivity index (χ0) is 23.5. The number of rotatable bonds is 5. The summed E-state index contributed by atoms with van der Waals surface area (Å²) in [5.41, 5.74) is 1.31.